The van der Waals surface area contributed by atoms with Gasteiger partial charge in [0.25, 0.3) is 0 Å². The van der Waals surface area contributed by atoms with Gasteiger partial charge >= 0.3 is 0 Å². The van der Waals surface area contributed by atoms with Gasteiger partial charge in [-0.3, -0.25) is 4.79 Å². The van der Waals surface area contributed by atoms with E-state index in [1.807, 2.05) is 6.92 Å². The van der Waals surface area contributed by atoms with Crippen molar-refractivity contribution in [3.05, 3.63) is 39.5 Å². The number of aliphatic hydroxyl groups excluding tert-OH is 1. The number of aliphatic hydroxyl groups is 1. The molecule has 1 aliphatic carbocycles. The molecule has 0 spiro atoms. The van der Waals surface area contributed by atoms with Crippen LogP contribution in [-0.2, 0) is 12.8 Å². The van der Waals surface area contributed by atoms with Gasteiger partial charge in [0.2, 0.25) is 0 Å². The minimum absolute atomic E-state index is 0.00741. The number of fused-ring (bicyclic) bond motifs is 1. The first-order valence-electron chi connectivity index (χ1n) is 5.61. The molecular formula is C13H15NO3. The molecule has 0 bridgehead atoms. The number of anilines is 1. The van der Waals surface area contributed by atoms with Crippen molar-refractivity contribution in [2.75, 3.05) is 12.3 Å². The Kier molecular flexibility index (Phi) is 3.15. The lowest BCUT2D eigenvalue weighted by atomic mass is 10.0. The monoisotopic (exact) mass is 233 g/mol. The second-order valence-corrected chi connectivity index (χ2v) is 3.97. The zero-order valence-electron chi connectivity index (χ0n) is 9.69. The van der Waals surface area contributed by atoms with Crippen molar-refractivity contribution in [3.63, 3.8) is 0 Å². The first-order valence-corrected chi connectivity index (χ1v) is 5.61. The second kappa shape index (κ2) is 4.59. The van der Waals surface area contributed by atoms with Gasteiger partial charge in [-0.1, -0.05) is 6.92 Å². The Morgan fingerprint density at radius 1 is 1.35 bits per heavy atom. The fourth-order valence-electron chi connectivity index (χ4n) is 1.86. The van der Waals surface area contributed by atoms with Crippen molar-refractivity contribution in [3.8, 4) is 11.3 Å². The molecule has 1 aliphatic heterocycles. The Morgan fingerprint density at radius 2 is 2.12 bits per heavy atom. The predicted molar refractivity (Wildman–Crippen MR) is 66.2 cm³/mol. The maximum absolute atomic E-state index is 11.9. The summed E-state index contributed by atoms with van der Waals surface area (Å²) in [5, 5.41) is 8.86. The zero-order valence-corrected chi connectivity index (χ0v) is 9.69. The van der Waals surface area contributed by atoms with Crippen LogP contribution >= 0.6 is 0 Å². The summed E-state index contributed by atoms with van der Waals surface area (Å²) in [5.41, 5.74) is 7.80. The van der Waals surface area contributed by atoms with Crippen LogP contribution in [0.5, 0.6) is 0 Å². The minimum atomic E-state index is -0.0931. The summed E-state index contributed by atoms with van der Waals surface area (Å²) in [5.74, 6) is 0.830. The fraction of sp³-hybridized carbons (Fsp3) is 0.308. The number of benzene rings is 1. The highest BCUT2D eigenvalue weighted by atomic mass is 16.3. The molecule has 0 aromatic carbocycles. The average Bonchev–Trinajstić information content (AvgIpc) is 2.28. The SMILES string of the molecule is CCc1cc2c(=O)cc(CCO)cc-2oc1N. The third-order valence-electron chi connectivity index (χ3n) is 2.80. The molecule has 2 rings (SSSR count). The van der Waals surface area contributed by atoms with Gasteiger partial charge in [0, 0.05) is 12.2 Å². The maximum Gasteiger partial charge on any atom is 0.194 e. The molecule has 0 unspecified atom stereocenters. The quantitative estimate of drug-likeness (QED) is 0.840. The third-order valence-corrected chi connectivity index (χ3v) is 2.80. The van der Waals surface area contributed by atoms with Gasteiger partial charge in [-0.25, -0.2) is 0 Å². The number of hydrogen-bond acceptors (Lipinski definition) is 4. The lowest BCUT2D eigenvalue weighted by molar-refractivity contribution is 0.299. The molecule has 0 saturated carbocycles. The Hall–Kier alpha value is -1.81. The van der Waals surface area contributed by atoms with E-state index in [-0.39, 0.29) is 12.0 Å². The molecule has 0 fully saturated rings. The van der Waals surface area contributed by atoms with E-state index in [2.05, 4.69) is 0 Å². The number of aryl methyl sites for hydroxylation is 1. The molecule has 0 radical (unpaired) electrons. The summed E-state index contributed by atoms with van der Waals surface area (Å²) in [7, 11) is 0. The van der Waals surface area contributed by atoms with Gasteiger partial charge in [0.05, 0.1) is 5.56 Å². The van der Waals surface area contributed by atoms with Gasteiger partial charge in [-0.2, -0.15) is 0 Å². The first-order chi connectivity index (χ1) is 8.15. The molecule has 4 nitrogen and oxygen atoms in total. The van der Waals surface area contributed by atoms with Gasteiger partial charge in [0.1, 0.15) is 5.76 Å². The molecular weight excluding hydrogens is 218 g/mol. The molecule has 1 heterocycles. The number of hydrogen-bond donors (Lipinski definition) is 2. The highest BCUT2D eigenvalue weighted by molar-refractivity contribution is 5.63. The van der Waals surface area contributed by atoms with Crippen molar-refractivity contribution in [1.29, 1.82) is 0 Å². The van der Waals surface area contributed by atoms with E-state index < -0.39 is 0 Å². The van der Waals surface area contributed by atoms with Crippen LogP contribution in [0.1, 0.15) is 18.1 Å². The second-order valence-electron chi connectivity index (χ2n) is 3.97. The van der Waals surface area contributed by atoms with Crippen molar-refractivity contribution < 1.29 is 9.52 Å². The number of nitrogen functional groups attached to an aromatic ring is 1. The lowest BCUT2D eigenvalue weighted by Crippen LogP contribution is -2.09. The topological polar surface area (TPSA) is 76.5 Å². The van der Waals surface area contributed by atoms with Crippen LogP contribution in [0, 0.1) is 0 Å². The Morgan fingerprint density at radius 3 is 2.76 bits per heavy atom. The summed E-state index contributed by atoms with van der Waals surface area (Å²) < 4.78 is 5.45. The van der Waals surface area contributed by atoms with Gasteiger partial charge in [-0.05, 0) is 36.6 Å². The van der Waals surface area contributed by atoms with Crippen LogP contribution in [-0.4, -0.2) is 11.7 Å². The normalized spacial score (nSPS) is 10.9. The van der Waals surface area contributed by atoms with Crippen LogP contribution in [0.4, 0.5) is 5.88 Å². The van der Waals surface area contributed by atoms with E-state index in [1.54, 1.807) is 12.1 Å². The summed E-state index contributed by atoms with van der Waals surface area (Å²) in [6, 6.07) is 5.06. The Labute approximate surface area is 99.0 Å². The zero-order chi connectivity index (χ0) is 12.4. The molecule has 0 atom stereocenters. The van der Waals surface area contributed by atoms with Gasteiger partial charge in [0.15, 0.2) is 11.3 Å². The van der Waals surface area contributed by atoms with E-state index in [0.29, 0.717) is 23.6 Å². The van der Waals surface area contributed by atoms with E-state index in [9.17, 15) is 4.79 Å². The summed E-state index contributed by atoms with van der Waals surface area (Å²) in [6.07, 6.45) is 1.17. The smallest absolute Gasteiger partial charge is 0.194 e. The molecule has 0 saturated heterocycles. The van der Waals surface area contributed by atoms with Crippen molar-refractivity contribution in [1.82, 2.24) is 0 Å². The summed E-state index contributed by atoms with van der Waals surface area (Å²) in [4.78, 5) is 11.9. The van der Waals surface area contributed by atoms with E-state index >= 15 is 0 Å². The van der Waals surface area contributed by atoms with Crippen LogP contribution in [0.2, 0.25) is 0 Å². The van der Waals surface area contributed by atoms with Crippen LogP contribution < -0.4 is 11.2 Å². The molecule has 4 heteroatoms. The first kappa shape index (κ1) is 11.7. The molecule has 0 amide bonds. The largest absolute Gasteiger partial charge is 0.441 e. The standard InChI is InChI=1S/C13H15NO3/c1-2-9-7-10-11(16)5-8(3-4-15)6-12(10)17-13(9)14/h5-7,15H,2-4,14H2,1H3. The predicted octanol–water partition coefficient (Wildman–Crippen LogP) is 1.42. The Bertz CT molecular complexity index is 559. The summed E-state index contributed by atoms with van der Waals surface area (Å²) >= 11 is 0. The highest BCUT2D eigenvalue weighted by Gasteiger charge is 2.13. The fourth-order valence-corrected chi connectivity index (χ4v) is 1.86. The summed E-state index contributed by atoms with van der Waals surface area (Å²) in [6.45, 7) is 1.96. The Balaban J connectivity index is 2.65. The van der Waals surface area contributed by atoms with Gasteiger partial charge < -0.3 is 15.3 Å². The lowest BCUT2D eigenvalue weighted by Gasteiger charge is -2.10. The highest BCUT2D eigenvalue weighted by Crippen LogP contribution is 2.26. The molecule has 2 aliphatic rings. The van der Waals surface area contributed by atoms with Crippen molar-refractivity contribution >= 4 is 5.88 Å². The van der Waals surface area contributed by atoms with Crippen LogP contribution in [0.25, 0.3) is 11.3 Å². The van der Waals surface area contributed by atoms with E-state index in [0.717, 1.165) is 17.5 Å². The molecule has 17 heavy (non-hydrogen) atoms. The van der Waals surface area contributed by atoms with Crippen molar-refractivity contribution in [2.45, 2.75) is 19.8 Å². The van der Waals surface area contributed by atoms with Crippen molar-refractivity contribution in [2.24, 2.45) is 0 Å². The molecule has 3 N–H and O–H groups in total. The molecule has 0 aromatic rings. The third kappa shape index (κ3) is 2.17. The maximum atomic E-state index is 11.9. The van der Waals surface area contributed by atoms with Crippen LogP contribution in [0.3, 0.4) is 0 Å². The molecule has 90 valence electrons. The average molecular weight is 233 g/mol. The van der Waals surface area contributed by atoms with E-state index in [1.165, 1.54) is 6.07 Å². The molecule has 0 aromatic heterocycles. The number of nitrogens with two attached hydrogens (primary N) is 1. The van der Waals surface area contributed by atoms with E-state index in [4.69, 9.17) is 15.3 Å². The minimum Gasteiger partial charge on any atom is -0.441 e. The van der Waals surface area contributed by atoms with Gasteiger partial charge in [-0.15, -0.1) is 0 Å². The number of rotatable bonds is 3. The van der Waals surface area contributed by atoms with Crippen LogP contribution in [0.15, 0.2) is 27.4 Å².